The number of nitro groups is 2. The van der Waals surface area contributed by atoms with E-state index in [-0.39, 0.29) is 54.8 Å². The average molecular weight is 825 g/mol. The summed E-state index contributed by atoms with van der Waals surface area (Å²) in [5.41, 5.74) is -0.762. The number of amides is 2. The Kier molecular flexibility index (Phi) is 12.6. The number of benzene rings is 5. The Morgan fingerprint density at radius 2 is 1.10 bits per heavy atom. The normalized spacial score (nSPS) is 15.6. The van der Waals surface area contributed by atoms with Crippen molar-refractivity contribution in [3.63, 3.8) is 0 Å². The molecular formula is C42H38ClN4O10P. The number of β-lactam (4-membered cyclic amide) rings is 1. The zero-order valence-electron chi connectivity index (χ0n) is 30.9. The predicted molar refractivity (Wildman–Crippen MR) is 219 cm³/mol. The number of ether oxygens (including phenoxy) is 2. The zero-order valence-corrected chi connectivity index (χ0v) is 32.6. The molecule has 1 fully saturated rings. The monoisotopic (exact) mass is 824 g/mol. The molecule has 16 heteroatoms. The molecule has 58 heavy (non-hydrogen) atoms. The molecule has 1 N–H and O–H groups in total. The molecule has 6 rings (SSSR count). The van der Waals surface area contributed by atoms with Crippen LogP contribution in [0.1, 0.15) is 24.0 Å². The Morgan fingerprint density at radius 3 is 1.55 bits per heavy atom. The minimum absolute atomic E-state index is 0.0511. The summed E-state index contributed by atoms with van der Waals surface area (Å²) < 4.78 is 11.5. The maximum atomic E-state index is 15.6. The number of carbonyl (C=O) groups excluding carboxylic acids is 4. The fraction of sp³-hybridized carbons (Fsp3) is 0.190. The van der Waals surface area contributed by atoms with Crippen molar-refractivity contribution in [3.8, 4) is 0 Å². The predicted octanol–water partition coefficient (Wildman–Crippen LogP) is 6.93. The third-order valence-corrected chi connectivity index (χ3v) is 16.7. The first kappa shape index (κ1) is 41.1. The van der Waals surface area contributed by atoms with Crippen LogP contribution >= 0.6 is 18.2 Å². The van der Waals surface area contributed by atoms with Crippen LogP contribution in [-0.4, -0.2) is 56.6 Å². The summed E-state index contributed by atoms with van der Waals surface area (Å²) in [5.74, 6) is -1.20. The fourth-order valence-electron chi connectivity index (χ4n) is 7.65. The van der Waals surface area contributed by atoms with Crippen molar-refractivity contribution in [2.75, 3.05) is 12.8 Å². The number of alkyl carbamates (subject to hydrolysis) is 1. The number of nitrogens with zero attached hydrogens (tertiary/aromatic N) is 3. The molecule has 5 aromatic carbocycles. The van der Waals surface area contributed by atoms with Gasteiger partial charge in [-0.1, -0.05) is 12.1 Å². The van der Waals surface area contributed by atoms with Gasteiger partial charge in [0.25, 0.3) is 0 Å². The first-order valence-electron chi connectivity index (χ1n) is 18.2. The van der Waals surface area contributed by atoms with E-state index in [2.05, 4.69) is 5.32 Å². The van der Waals surface area contributed by atoms with Crippen LogP contribution in [0.25, 0.3) is 0 Å². The molecule has 0 aromatic heterocycles. The molecule has 0 saturated carbocycles. The van der Waals surface area contributed by atoms with Gasteiger partial charge < -0.3 is 0 Å². The zero-order chi connectivity index (χ0) is 41.3. The Balaban J connectivity index is 1.37. The molecule has 2 unspecified atom stereocenters. The molecule has 2 atom stereocenters. The van der Waals surface area contributed by atoms with Gasteiger partial charge in [0.1, 0.15) is 0 Å². The topological polar surface area (TPSA) is 188 Å². The van der Waals surface area contributed by atoms with Gasteiger partial charge in [-0.15, -0.1) is 0 Å². The quantitative estimate of drug-likeness (QED) is 0.0339. The van der Waals surface area contributed by atoms with Crippen molar-refractivity contribution in [1.82, 2.24) is 10.2 Å². The molecule has 14 nitrogen and oxygen atoms in total. The molecule has 0 spiro atoms. The van der Waals surface area contributed by atoms with Crippen molar-refractivity contribution in [3.05, 3.63) is 171 Å². The summed E-state index contributed by atoms with van der Waals surface area (Å²) in [6.45, 7) is -5.60. The summed E-state index contributed by atoms with van der Waals surface area (Å²) >= 11 is 6.01. The minimum atomic E-state index is -4.74. The van der Waals surface area contributed by atoms with Crippen molar-refractivity contribution < 1.29 is 38.5 Å². The number of para-hydroxylation sites is 2. The van der Waals surface area contributed by atoms with Crippen molar-refractivity contribution in [1.29, 1.82) is 0 Å². The van der Waals surface area contributed by atoms with E-state index in [0.29, 0.717) is 15.9 Å². The van der Waals surface area contributed by atoms with Gasteiger partial charge in [-0.2, -0.15) is 0 Å². The SMILES string of the molecule is O=C(Cl)CC1C(CCNC(=O)OCc2ccccc2[N+](=O)[O-])C(=O)N1CP(C(=O)OCc1ccccc1[N+](=O)[O-])(c1ccccc1)(c1ccccc1)c1ccccc1. The van der Waals surface area contributed by atoms with Crippen molar-refractivity contribution >= 4 is 68.4 Å². The first-order valence-corrected chi connectivity index (χ1v) is 21.0. The summed E-state index contributed by atoms with van der Waals surface area (Å²) in [6.07, 6.45) is -1.30. The molecule has 0 bridgehead atoms. The van der Waals surface area contributed by atoms with E-state index in [9.17, 15) is 34.6 Å². The fourth-order valence-corrected chi connectivity index (χ4v) is 13.7. The molecule has 2 amide bonds. The second-order valence-corrected chi connectivity index (χ2v) is 18.8. The number of carbonyl (C=O) groups is 4. The van der Waals surface area contributed by atoms with Gasteiger partial charge in [-0.05, 0) is 0 Å². The van der Waals surface area contributed by atoms with E-state index in [1.165, 1.54) is 41.3 Å². The van der Waals surface area contributed by atoms with Gasteiger partial charge in [-0.25, -0.2) is 0 Å². The van der Waals surface area contributed by atoms with Crippen LogP contribution in [0, 0.1) is 26.1 Å². The van der Waals surface area contributed by atoms with Gasteiger partial charge >= 0.3 is 306 Å². The molecule has 298 valence electrons. The van der Waals surface area contributed by atoms with Gasteiger partial charge in [-0.3, -0.25) is 10.1 Å². The van der Waals surface area contributed by atoms with Crippen LogP contribution in [0.5, 0.6) is 0 Å². The van der Waals surface area contributed by atoms with Gasteiger partial charge in [0, 0.05) is 6.07 Å². The second-order valence-electron chi connectivity index (χ2n) is 13.6. The first-order chi connectivity index (χ1) is 28.0. The molecular weight excluding hydrogens is 787 g/mol. The standard InChI is InChI=1S/C42H38ClN4O10P/c43-39(48)26-38-35(24-25-44-41(50)56-27-30-14-10-12-22-36(30)46(52)53)40(49)45(38)29-58(32-16-4-1-5-17-32,33-18-6-2-7-19-33,34-20-8-3-9-21-34)42(51)57-28-31-15-11-13-23-37(31)47(54)55/h1-23,35,38H,24-29H2,(H,44,50). The number of hydrogen-bond acceptors (Lipinski definition) is 10. The van der Waals surface area contributed by atoms with Crippen LogP contribution in [0.4, 0.5) is 21.0 Å². The van der Waals surface area contributed by atoms with Crippen LogP contribution in [0.2, 0.25) is 0 Å². The number of rotatable bonds is 17. The summed E-state index contributed by atoms with van der Waals surface area (Å²) in [7, 11) is 0. The van der Waals surface area contributed by atoms with Crippen LogP contribution in [-0.2, 0) is 32.3 Å². The van der Waals surface area contributed by atoms with E-state index in [1.54, 1.807) is 103 Å². The summed E-state index contributed by atoms with van der Waals surface area (Å²) in [6, 6.07) is 37.8. The molecule has 5 aromatic rings. The Morgan fingerprint density at radius 1 is 0.672 bits per heavy atom. The number of likely N-dealkylation sites (tertiary alicyclic amines) is 1. The van der Waals surface area contributed by atoms with Gasteiger partial charge in [0.05, 0.1) is 4.92 Å². The second kappa shape index (κ2) is 17.7. The van der Waals surface area contributed by atoms with E-state index < -0.39 is 58.0 Å². The van der Waals surface area contributed by atoms with E-state index in [1.807, 2.05) is 0 Å². The van der Waals surface area contributed by atoms with Crippen molar-refractivity contribution in [2.24, 2.45) is 5.92 Å². The van der Waals surface area contributed by atoms with Gasteiger partial charge in [0.15, 0.2) is 0 Å². The third kappa shape index (κ3) is 7.89. The van der Waals surface area contributed by atoms with Crippen LogP contribution < -0.4 is 21.2 Å². The summed E-state index contributed by atoms with van der Waals surface area (Å²) in [5, 5.41) is 26.8. The molecule has 1 aliphatic rings. The number of halogens is 1. The Bertz CT molecular complexity index is 2240. The Labute approximate surface area is 337 Å². The molecule has 0 radical (unpaired) electrons. The van der Waals surface area contributed by atoms with Crippen molar-refractivity contribution in [2.45, 2.75) is 32.1 Å². The molecule has 1 heterocycles. The Hall–Kier alpha value is -6.50. The van der Waals surface area contributed by atoms with E-state index in [0.717, 1.165) is 0 Å². The average Bonchev–Trinajstić information content (AvgIpc) is 3.24. The van der Waals surface area contributed by atoms with Crippen LogP contribution in [0.15, 0.2) is 140 Å². The van der Waals surface area contributed by atoms with Gasteiger partial charge in [0.2, 0.25) is 0 Å². The molecule has 0 aliphatic carbocycles. The van der Waals surface area contributed by atoms with Crippen LogP contribution in [0.3, 0.4) is 0 Å². The number of nitrogens with one attached hydrogen (secondary N) is 1. The van der Waals surface area contributed by atoms with E-state index in [4.69, 9.17) is 21.1 Å². The maximum absolute atomic E-state index is 15.6. The number of nitro benzene ring substituents is 2. The van der Waals surface area contributed by atoms with E-state index >= 15 is 4.79 Å². The summed E-state index contributed by atoms with van der Waals surface area (Å²) in [4.78, 5) is 79.0. The third-order valence-electron chi connectivity index (χ3n) is 10.5. The molecule has 1 aliphatic heterocycles. The molecule has 1 saturated heterocycles. The number of hydrogen-bond donors (Lipinski definition) is 1.